The van der Waals surface area contributed by atoms with Gasteiger partial charge in [0.25, 0.3) is 5.91 Å². The fourth-order valence-corrected chi connectivity index (χ4v) is 2.92. The molecule has 0 aromatic carbocycles. The molecule has 3 rings (SSSR count). The van der Waals surface area contributed by atoms with Crippen molar-refractivity contribution in [2.24, 2.45) is 0 Å². The second kappa shape index (κ2) is 5.78. The maximum absolute atomic E-state index is 12.1. The van der Waals surface area contributed by atoms with E-state index in [4.69, 9.17) is 8.94 Å². The standard InChI is InChI=1S/C15H14N2O4S/c1-10-8-11(17-21-10)14(18)16-9-15(19,12-4-2-6-20-12)13-5-3-7-22-13/h2-8,19H,9H2,1H3,(H,16,18)/t15-/m1/s1. The Hall–Kier alpha value is -2.38. The summed E-state index contributed by atoms with van der Waals surface area (Å²) in [5.74, 6) is 0.495. The quantitative estimate of drug-likeness (QED) is 0.753. The maximum Gasteiger partial charge on any atom is 0.273 e. The van der Waals surface area contributed by atoms with Gasteiger partial charge >= 0.3 is 0 Å². The zero-order chi connectivity index (χ0) is 15.6. The van der Waals surface area contributed by atoms with Crippen molar-refractivity contribution in [3.05, 3.63) is 64.1 Å². The normalized spacial score (nSPS) is 13.7. The first-order valence-electron chi connectivity index (χ1n) is 6.61. The summed E-state index contributed by atoms with van der Waals surface area (Å²) in [4.78, 5) is 12.8. The third-order valence-electron chi connectivity index (χ3n) is 3.22. The van der Waals surface area contributed by atoms with Crippen molar-refractivity contribution in [1.29, 1.82) is 0 Å². The Labute approximate surface area is 130 Å². The molecule has 0 bridgehead atoms. The van der Waals surface area contributed by atoms with Crippen molar-refractivity contribution in [1.82, 2.24) is 10.5 Å². The number of carbonyl (C=O) groups is 1. The first-order valence-corrected chi connectivity index (χ1v) is 7.49. The number of furan rings is 1. The first-order chi connectivity index (χ1) is 10.6. The van der Waals surface area contributed by atoms with E-state index in [1.165, 1.54) is 23.7 Å². The zero-order valence-electron chi connectivity index (χ0n) is 11.8. The molecular formula is C15H14N2O4S. The van der Waals surface area contributed by atoms with E-state index in [-0.39, 0.29) is 12.2 Å². The van der Waals surface area contributed by atoms with Crippen LogP contribution in [0, 0.1) is 6.92 Å². The average molecular weight is 318 g/mol. The highest BCUT2D eigenvalue weighted by Gasteiger charge is 2.36. The number of amides is 1. The molecule has 0 aliphatic carbocycles. The molecule has 0 aliphatic heterocycles. The number of thiophene rings is 1. The molecule has 0 radical (unpaired) electrons. The molecule has 114 valence electrons. The second-order valence-corrected chi connectivity index (χ2v) is 5.77. The van der Waals surface area contributed by atoms with Gasteiger partial charge in [0.15, 0.2) is 11.3 Å². The van der Waals surface area contributed by atoms with Gasteiger partial charge in [-0.05, 0) is 30.5 Å². The van der Waals surface area contributed by atoms with Crippen LogP contribution in [-0.4, -0.2) is 22.7 Å². The number of carbonyl (C=O) groups excluding carboxylic acids is 1. The van der Waals surface area contributed by atoms with Crippen molar-refractivity contribution >= 4 is 17.2 Å². The van der Waals surface area contributed by atoms with Crippen LogP contribution in [0.4, 0.5) is 0 Å². The van der Waals surface area contributed by atoms with Gasteiger partial charge in [0.2, 0.25) is 0 Å². The Balaban J connectivity index is 1.81. The highest BCUT2D eigenvalue weighted by molar-refractivity contribution is 7.10. The SMILES string of the molecule is Cc1cc(C(=O)NC[C@@](O)(c2ccco2)c2cccs2)no1. The minimum atomic E-state index is -1.42. The Bertz CT molecular complexity index is 712. The van der Waals surface area contributed by atoms with Crippen LogP contribution in [-0.2, 0) is 5.60 Å². The van der Waals surface area contributed by atoms with Crippen molar-refractivity contribution < 1.29 is 18.8 Å². The van der Waals surface area contributed by atoms with Gasteiger partial charge in [-0.25, -0.2) is 0 Å². The highest BCUT2D eigenvalue weighted by Crippen LogP contribution is 2.32. The number of aryl methyl sites for hydroxylation is 1. The summed E-state index contributed by atoms with van der Waals surface area (Å²) in [6, 6.07) is 8.52. The molecule has 6 nitrogen and oxygen atoms in total. The molecule has 0 saturated heterocycles. The van der Waals surface area contributed by atoms with Crippen LogP contribution in [0.1, 0.15) is 26.9 Å². The van der Waals surface area contributed by atoms with E-state index in [0.717, 1.165) is 0 Å². The fourth-order valence-electron chi connectivity index (χ4n) is 2.10. The molecule has 0 saturated carbocycles. The molecule has 0 aliphatic rings. The predicted molar refractivity (Wildman–Crippen MR) is 79.6 cm³/mol. The van der Waals surface area contributed by atoms with Gasteiger partial charge in [0.1, 0.15) is 11.5 Å². The fraction of sp³-hybridized carbons (Fsp3) is 0.200. The Morgan fingerprint density at radius 3 is 2.91 bits per heavy atom. The second-order valence-electron chi connectivity index (χ2n) is 4.82. The summed E-state index contributed by atoms with van der Waals surface area (Å²) in [5.41, 5.74) is -1.25. The number of nitrogens with one attached hydrogen (secondary N) is 1. The van der Waals surface area contributed by atoms with Gasteiger partial charge in [-0.1, -0.05) is 11.2 Å². The summed E-state index contributed by atoms with van der Waals surface area (Å²) in [5, 5.41) is 19.2. The van der Waals surface area contributed by atoms with Crippen LogP contribution in [0.3, 0.4) is 0 Å². The predicted octanol–water partition coefficient (Wildman–Crippen LogP) is 2.30. The van der Waals surface area contributed by atoms with Crippen LogP contribution >= 0.6 is 11.3 Å². The van der Waals surface area contributed by atoms with Gasteiger partial charge in [-0.2, -0.15) is 0 Å². The van der Waals surface area contributed by atoms with Gasteiger partial charge < -0.3 is 19.4 Å². The average Bonchev–Trinajstić information content (AvgIpc) is 3.24. The number of aromatic nitrogens is 1. The summed E-state index contributed by atoms with van der Waals surface area (Å²) in [6.07, 6.45) is 1.48. The monoisotopic (exact) mass is 318 g/mol. The molecule has 0 spiro atoms. The minimum Gasteiger partial charge on any atom is -0.466 e. The topological polar surface area (TPSA) is 88.5 Å². The lowest BCUT2D eigenvalue weighted by Crippen LogP contribution is -2.41. The molecule has 2 N–H and O–H groups in total. The molecule has 0 fully saturated rings. The van der Waals surface area contributed by atoms with E-state index >= 15 is 0 Å². The van der Waals surface area contributed by atoms with E-state index in [1.54, 1.807) is 25.1 Å². The summed E-state index contributed by atoms with van der Waals surface area (Å²) in [6.45, 7) is 1.67. The summed E-state index contributed by atoms with van der Waals surface area (Å²) in [7, 11) is 0. The molecule has 3 aromatic rings. The zero-order valence-corrected chi connectivity index (χ0v) is 12.6. The lowest BCUT2D eigenvalue weighted by atomic mass is 9.98. The molecule has 3 aromatic heterocycles. The Kier molecular flexibility index (Phi) is 3.82. The number of nitrogens with zero attached hydrogens (tertiary/aromatic N) is 1. The van der Waals surface area contributed by atoms with Gasteiger partial charge in [-0.3, -0.25) is 4.79 Å². The Morgan fingerprint density at radius 2 is 2.32 bits per heavy atom. The van der Waals surface area contributed by atoms with Crippen molar-refractivity contribution in [2.75, 3.05) is 6.54 Å². The lowest BCUT2D eigenvalue weighted by molar-refractivity contribution is 0.0551. The van der Waals surface area contributed by atoms with E-state index < -0.39 is 11.5 Å². The van der Waals surface area contributed by atoms with Crippen molar-refractivity contribution in [3.8, 4) is 0 Å². The smallest absolute Gasteiger partial charge is 0.273 e. The van der Waals surface area contributed by atoms with Gasteiger partial charge in [0, 0.05) is 10.9 Å². The van der Waals surface area contributed by atoms with Crippen LogP contribution in [0.25, 0.3) is 0 Å². The molecule has 3 heterocycles. The summed E-state index contributed by atoms with van der Waals surface area (Å²) < 4.78 is 10.2. The van der Waals surface area contributed by atoms with Crippen LogP contribution < -0.4 is 5.32 Å². The summed E-state index contributed by atoms with van der Waals surface area (Å²) >= 11 is 1.38. The molecule has 7 heteroatoms. The van der Waals surface area contributed by atoms with E-state index in [1.807, 2.05) is 11.4 Å². The number of hydrogen-bond acceptors (Lipinski definition) is 6. The van der Waals surface area contributed by atoms with Crippen LogP contribution in [0.5, 0.6) is 0 Å². The van der Waals surface area contributed by atoms with E-state index in [9.17, 15) is 9.90 Å². The maximum atomic E-state index is 12.1. The Morgan fingerprint density at radius 1 is 1.45 bits per heavy atom. The third kappa shape index (κ3) is 2.68. The molecular weight excluding hydrogens is 304 g/mol. The van der Waals surface area contributed by atoms with Crippen molar-refractivity contribution in [2.45, 2.75) is 12.5 Å². The minimum absolute atomic E-state index is 0.0359. The highest BCUT2D eigenvalue weighted by atomic mass is 32.1. The van der Waals surface area contributed by atoms with Crippen LogP contribution in [0.2, 0.25) is 0 Å². The number of aliphatic hydroxyl groups is 1. The van der Waals surface area contributed by atoms with Crippen molar-refractivity contribution in [3.63, 3.8) is 0 Å². The number of hydrogen-bond donors (Lipinski definition) is 2. The molecule has 0 unspecified atom stereocenters. The lowest BCUT2D eigenvalue weighted by Gasteiger charge is -2.25. The third-order valence-corrected chi connectivity index (χ3v) is 4.24. The van der Waals surface area contributed by atoms with Crippen LogP contribution in [0.15, 0.2) is 50.9 Å². The largest absolute Gasteiger partial charge is 0.466 e. The molecule has 22 heavy (non-hydrogen) atoms. The number of rotatable bonds is 5. The van der Waals surface area contributed by atoms with Gasteiger partial charge in [0.05, 0.1) is 12.8 Å². The van der Waals surface area contributed by atoms with E-state index in [2.05, 4.69) is 10.5 Å². The first kappa shape index (κ1) is 14.6. The molecule has 1 amide bonds. The van der Waals surface area contributed by atoms with E-state index in [0.29, 0.717) is 16.4 Å². The van der Waals surface area contributed by atoms with Gasteiger partial charge in [-0.15, -0.1) is 11.3 Å². The molecule has 1 atom stereocenters.